The van der Waals surface area contributed by atoms with Gasteiger partial charge in [-0.05, 0) is 36.6 Å². The lowest BCUT2D eigenvalue weighted by Crippen LogP contribution is -2.31. The Balaban J connectivity index is 1.46. The van der Waals surface area contributed by atoms with Crippen LogP contribution in [0.1, 0.15) is 24.3 Å². The van der Waals surface area contributed by atoms with E-state index in [2.05, 4.69) is 10.4 Å². The molecule has 4 N–H and O–H groups in total. The lowest BCUT2D eigenvalue weighted by Gasteiger charge is -2.26. The van der Waals surface area contributed by atoms with Gasteiger partial charge < -0.3 is 24.6 Å². The average Bonchev–Trinajstić information content (AvgIpc) is 3.33. The molecule has 2 aromatic carbocycles. The molecule has 1 fully saturated rings. The highest BCUT2D eigenvalue weighted by molar-refractivity contribution is 5.77. The number of aliphatic imine (C=N–C) groups is 1. The summed E-state index contributed by atoms with van der Waals surface area (Å²) < 4.78 is 7.71. The van der Waals surface area contributed by atoms with Crippen molar-refractivity contribution in [1.82, 2.24) is 9.58 Å². The van der Waals surface area contributed by atoms with Gasteiger partial charge in [0.1, 0.15) is 24.4 Å². The van der Waals surface area contributed by atoms with Gasteiger partial charge in [0, 0.05) is 23.9 Å². The molecule has 0 bridgehead atoms. The summed E-state index contributed by atoms with van der Waals surface area (Å²) in [7, 11) is 0. The summed E-state index contributed by atoms with van der Waals surface area (Å²) in [5.74, 6) is 0.704. The second-order valence-corrected chi connectivity index (χ2v) is 8.49. The molecule has 1 aromatic heterocycles. The van der Waals surface area contributed by atoms with Crippen molar-refractivity contribution in [3.63, 3.8) is 0 Å². The third-order valence-electron chi connectivity index (χ3n) is 6.22. The molecule has 2 aliphatic heterocycles. The van der Waals surface area contributed by atoms with E-state index in [4.69, 9.17) is 9.84 Å². The number of benzene rings is 2. The molecule has 33 heavy (non-hydrogen) atoms. The first-order valence-corrected chi connectivity index (χ1v) is 11.1. The van der Waals surface area contributed by atoms with Crippen LogP contribution in [0.25, 0.3) is 11.1 Å². The molecule has 5 rings (SSSR count). The monoisotopic (exact) mass is 448 g/mol. The predicted molar refractivity (Wildman–Crippen MR) is 126 cm³/mol. The number of aliphatic hydroxyl groups is 3. The van der Waals surface area contributed by atoms with Crippen molar-refractivity contribution >= 4 is 17.8 Å². The molecular weight excluding hydrogens is 420 g/mol. The van der Waals surface area contributed by atoms with Crippen molar-refractivity contribution in [3.05, 3.63) is 71.9 Å². The molecule has 4 atom stereocenters. The molecule has 2 aliphatic rings. The number of fused-ring (bicyclic) bond motifs is 1. The minimum atomic E-state index is -1.04. The van der Waals surface area contributed by atoms with Gasteiger partial charge >= 0.3 is 0 Å². The zero-order chi connectivity index (χ0) is 22.9. The van der Waals surface area contributed by atoms with E-state index in [9.17, 15) is 10.2 Å². The number of aliphatic hydroxyl groups excluding tert-OH is 3. The van der Waals surface area contributed by atoms with E-state index >= 15 is 0 Å². The van der Waals surface area contributed by atoms with Gasteiger partial charge in [-0.1, -0.05) is 42.5 Å². The van der Waals surface area contributed by atoms with Crippen LogP contribution < -0.4 is 5.43 Å². The Bertz CT molecular complexity index is 1130. The number of ether oxygens (including phenoxy) is 1. The topological polar surface area (TPSA) is 102 Å². The molecule has 0 saturated carbocycles. The summed E-state index contributed by atoms with van der Waals surface area (Å²) in [6, 6.07) is 18.0. The molecule has 0 radical (unpaired) electrons. The van der Waals surface area contributed by atoms with Gasteiger partial charge in [0.05, 0.1) is 18.3 Å². The number of nitrogens with one attached hydrogen (secondary N) is 1. The highest BCUT2D eigenvalue weighted by atomic mass is 16.6. The summed E-state index contributed by atoms with van der Waals surface area (Å²) in [6.45, 7) is 2.43. The number of hydrogen-bond donors (Lipinski definition) is 4. The van der Waals surface area contributed by atoms with Crippen molar-refractivity contribution in [1.29, 1.82) is 0 Å². The third-order valence-corrected chi connectivity index (χ3v) is 6.22. The van der Waals surface area contributed by atoms with Gasteiger partial charge in [-0.2, -0.15) is 0 Å². The van der Waals surface area contributed by atoms with Crippen LogP contribution in [0.3, 0.4) is 0 Å². The summed E-state index contributed by atoms with van der Waals surface area (Å²) >= 11 is 0. The van der Waals surface area contributed by atoms with Gasteiger partial charge in [0.2, 0.25) is 0 Å². The maximum Gasteiger partial charge on any atom is 0.164 e. The number of aromatic nitrogens is 1. The van der Waals surface area contributed by atoms with E-state index in [0.29, 0.717) is 18.8 Å². The first kappa shape index (κ1) is 21.7. The lowest BCUT2D eigenvalue weighted by molar-refractivity contribution is -0.0308. The van der Waals surface area contributed by atoms with Gasteiger partial charge in [-0.3, -0.25) is 10.4 Å². The number of rotatable bonds is 6. The van der Waals surface area contributed by atoms with Crippen molar-refractivity contribution in [2.75, 3.05) is 12.0 Å². The van der Waals surface area contributed by atoms with Crippen LogP contribution >= 0.6 is 0 Å². The van der Waals surface area contributed by atoms with E-state index in [1.165, 1.54) is 0 Å². The first-order chi connectivity index (χ1) is 16.0. The molecule has 3 heterocycles. The van der Waals surface area contributed by atoms with Gasteiger partial charge in [-0.15, -0.1) is 0 Å². The molecule has 0 aliphatic carbocycles. The molecule has 1 saturated heterocycles. The fraction of sp³-hybridized carbons (Fsp3) is 0.320. The maximum atomic E-state index is 10.6. The Hall–Kier alpha value is -3.17. The molecule has 3 aromatic rings. The number of hydrogen-bond acceptors (Lipinski definition) is 7. The standard InChI is InChI=1S/C25H28N4O4/c1-16-22(31)23(32)25(33-16)29-14-20(18-5-3-2-4-6-18)21-13-28(15-26-24(21)29)27-19-9-7-17(8-10-19)11-12-30/h2-10,14-16,22-23,25,27,30-32H,11-13H2,1H3/t16-,22-,23-,25-/m1/s1. The van der Waals surface area contributed by atoms with Gasteiger partial charge in [-0.25, -0.2) is 4.99 Å². The summed E-state index contributed by atoms with van der Waals surface area (Å²) in [5.41, 5.74) is 8.39. The van der Waals surface area contributed by atoms with Crippen LogP contribution in [0.5, 0.6) is 0 Å². The second-order valence-electron chi connectivity index (χ2n) is 8.49. The summed E-state index contributed by atoms with van der Waals surface area (Å²) in [4.78, 5) is 4.69. The van der Waals surface area contributed by atoms with E-state index in [0.717, 1.165) is 27.9 Å². The number of anilines is 1. The van der Waals surface area contributed by atoms with E-state index < -0.39 is 24.5 Å². The summed E-state index contributed by atoms with van der Waals surface area (Å²) in [6.07, 6.45) is 1.13. The van der Waals surface area contributed by atoms with Crippen LogP contribution in [0.2, 0.25) is 0 Å². The van der Waals surface area contributed by atoms with Crippen molar-refractivity contribution in [2.45, 2.75) is 44.4 Å². The van der Waals surface area contributed by atoms with Crippen LogP contribution in [0.15, 0.2) is 65.8 Å². The number of nitrogens with zero attached hydrogens (tertiary/aromatic N) is 3. The molecule has 0 spiro atoms. The molecular formula is C25H28N4O4. The SMILES string of the molecule is C[C@H]1O[C@@H](n2cc(-c3ccccc3)c3c2N=CN(Nc2ccc(CCO)cc2)C3)[C@H](O)[C@@H]1O. The van der Waals surface area contributed by atoms with E-state index in [1.807, 2.05) is 70.4 Å². The maximum absolute atomic E-state index is 10.6. The minimum absolute atomic E-state index is 0.128. The lowest BCUT2D eigenvalue weighted by atomic mass is 10.0. The average molecular weight is 449 g/mol. The fourth-order valence-electron chi connectivity index (χ4n) is 4.42. The van der Waals surface area contributed by atoms with E-state index in [-0.39, 0.29) is 6.61 Å². The Morgan fingerprint density at radius 2 is 1.82 bits per heavy atom. The largest absolute Gasteiger partial charge is 0.396 e. The Morgan fingerprint density at radius 3 is 2.48 bits per heavy atom. The zero-order valence-electron chi connectivity index (χ0n) is 18.4. The minimum Gasteiger partial charge on any atom is -0.396 e. The normalized spacial score (nSPS) is 24.2. The smallest absolute Gasteiger partial charge is 0.164 e. The van der Waals surface area contributed by atoms with Gasteiger partial charge in [0.15, 0.2) is 6.23 Å². The van der Waals surface area contributed by atoms with Crippen LogP contribution in [0, 0.1) is 0 Å². The quantitative estimate of drug-likeness (QED) is 0.463. The molecule has 8 heteroatoms. The third kappa shape index (κ3) is 4.14. The fourth-order valence-corrected chi connectivity index (χ4v) is 4.42. The van der Waals surface area contributed by atoms with Crippen LogP contribution in [-0.2, 0) is 17.7 Å². The van der Waals surface area contributed by atoms with Crippen molar-refractivity contribution in [2.24, 2.45) is 4.99 Å². The first-order valence-electron chi connectivity index (χ1n) is 11.1. The van der Waals surface area contributed by atoms with Crippen LogP contribution in [0.4, 0.5) is 11.5 Å². The van der Waals surface area contributed by atoms with Gasteiger partial charge in [0.25, 0.3) is 0 Å². The molecule has 8 nitrogen and oxygen atoms in total. The highest BCUT2D eigenvalue weighted by Gasteiger charge is 2.42. The number of hydrazine groups is 1. The second kappa shape index (κ2) is 8.99. The zero-order valence-corrected chi connectivity index (χ0v) is 18.4. The Labute approximate surface area is 192 Å². The van der Waals surface area contributed by atoms with Crippen molar-refractivity contribution < 1.29 is 20.1 Å². The Morgan fingerprint density at radius 1 is 1.06 bits per heavy atom. The van der Waals surface area contributed by atoms with Crippen molar-refractivity contribution in [3.8, 4) is 11.1 Å². The van der Waals surface area contributed by atoms with Crippen LogP contribution in [-0.4, -0.2) is 56.2 Å². The predicted octanol–water partition coefficient (Wildman–Crippen LogP) is 2.83. The molecule has 0 amide bonds. The Kier molecular flexibility index (Phi) is 5.90. The molecule has 172 valence electrons. The van der Waals surface area contributed by atoms with E-state index in [1.54, 1.807) is 13.3 Å². The molecule has 0 unspecified atom stereocenters. The highest BCUT2D eigenvalue weighted by Crippen LogP contribution is 2.41. The summed E-state index contributed by atoms with van der Waals surface area (Å²) in [5, 5.41) is 31.8.